The van der Waals surface area contributed by atoms with E-state index in [2.05, 4.69) is 26.1 Å². The smallest absolute Gasteiger partial charge is 0.325 e. The highest BCUT2D eigenvalue weighted by molar-refractivity contribution is 5.97. The Morgan fingerprint density at radius 2 is 1.57 bits per heavy atom. The molecule has 30 heavy (non-hydrogen) atoms. The van der Waals surface area contributed by atoms with E-state index in [0.29, 0.717) is 5.56 Å². The molecule has 0 spiro atoms. The molecule has 0 atom stereocenters. The molecule has 0 bridgehead atoms. The first-order chi connectivity index (χ1) is 14.1. The summed E-state index contributed by atoms with van der Waals surface area (Å²) in [5.41, 5.74) is 2.31. The zero-order valence-corrected chi connectivity index (χ0v) is 18.3. The topological polar surface area (TPSA) is 75.7 Å². The lowest BCUT2D eigenvalue weighted by atomic mass is 9.87. The zero-order valence-electron chi connectivity index (χ0n) is 18.3. The summed E-state index contributed by atoms with van der Waals surface area (Å²) < 4.78 is 5.06. The number of hydrogen-bond donors (Lipinski definition) is 1. The molecule has 2 amide bonds. The Morgan fingerprint density at radius 3 is 2.10 bits per heavy atom. The molecule has 0 aliphatic rings. The maximum atomic E-state index is 12.5. The molecule has 0 saturated heterocycles. The molecule has 0 unspecified atom stereocenters. The third-order valence-corrected chi connectivity index (χ3v) is 4.58. The van der Waals surface area contributed by atoms with Gasteiger partial charge in [0.25, 0.3) is 11.8 Å². The first kappa shape index (κ1) is 23.1. The van der Waals surface area contributed by atoms with E-state index in [1.54, 1.807) is 17.0 Å². The van der Waals surface area contributed by atoms with E-state index < -0.39 is 5.97 Å². The van der Waals surface area contributed by atoms with Crippen molar-refractivity contribution in [1.82, 2.24) is 5.32 Å². The van der Waals surface area contributed by atoms with E-state index in [9.17, 15) is 14.4 Å². The summed E-state index contributed by atoms with van der Waals surface area (Å²) in [5.74, 6) is -1.36. The Bertz CT molecular complexity index is 868. The van der Waals surface area contributed by atoms with Crippen LogP contribution in [0.5, 0.6) is 0 Å². The minimum atomic E-state index is -0.667. The molecule has 1 N–H and O–H groups in total. The third-order valence-electron chi connectivity index (χ3n) is 4.58. The van der Waals surface area contributed by atoms with Crippen molar-refractivity contribution in [2.45, 2.75) is 46.1 Å². The summed E-state index contributed by atoms with van der Waals surface area (Å²) in [7, 11) is 0. The highest BCUT2D eigenvalue weighted by Crippen LogP contribution is 2.22. The SMILES string of the molecule is CC(C)N(C(=O)COC(=O)CNC(=O)c1ccc(C(C)(C)C)cc1)c1ccccc1. The van der Waals surface area contributed by atoms with Gasteiger partial charge in [-0.05, 0) is 49.1 Å². The molecule has 2 aromatic rings. The number of nitrogens with zero attached hydrogens (tertiary/aromatic N) is 1. The molecule has 6 nitrogen and oxygen atoms in total. The number of amides is 2. The second-order valence-corrected chi connectivity index (χ2v) is 8.36. The van der Waals surface area contributed by atoms with Crippen molar-refractivity contribution in [2.75, 3.05) is 18.1 Å². The fourth-order valence-corrected chi connectivity index (χ4v) is 2.96. The van der Waals surface area contributed by atoms with Crippen LogP contribution in [0.1, 0.15) is 50.5 Å². The number of esters is 1. The van der Waals surface area contributed by atoms with Gasteiger partial charge in [-0.25, -0.2) is 0 Å². The van der Waals surface area contributed by atoms with Crippen LogP contribution in [-0.2, 0) is 19.7 Å². The predicted molar refractivity (Wildman–Crippen MR) is 117 cm³/mol. The number of ether oxygens (including phenoxy) is 1. The largest absolute Gasteiger partial charge is 0.454 e. The van der Waals surface area contributed by atoms with E-state index in [1.165, 1.54) is 0 Å². The van der Waals surface area contributed by atoms with E-state index in [0.717, 1.165) is 11.3 Å². The van der Waals surface area contributed by atoms with Crippen LogP contribution >= 0.6 is 0 Å². The highest BCUT2D eigenvalue weighted by atomic mass is 16.5. The Balaban J connectivity index is 1.85. The van der Waals surface area contributed by atoms with E-state index in [4.69, 9.17) is 4.74 Å². The molecular weight excluding hydrogens is 380 g/mol. The van der Waals surface area contributed by atoms with Gasteiger partial charge in [0.1, 0.15) is 6.54 Å². The van der Waals surface area contributed by atoms with Crippen molar-refractivity contribution < 1.29 is 19.1 Å². The summed E-state index contributed by atoms with van der Waals surface area (Å²) in [6.07, 6.45) is 0. The fourth-order valence-electron chi connectivity index (χ4n) is 2.96. The molecule has 0 aliphatic heterocycles. The third kappa shape index (κ3) is 6.44. The van der Waals surface area contributed by atoms with Gasteiger partial charge in [0.2, 0.25) is 0 Å². The van der Waals surface area contributed by atoms with Crippen LogP contribution in [0, 0.1) is 0 Å². The first-order valence-electron chi connectivity index (χ1n) is 10.0. The van der Waals surface area contributed by atoms with Crippen LogP contribution in [0.25, 0.3) is 0 Å². The molecule has 160 valence electrons. The minimum absolute atomic E-state index is 0.00499. The molecule has 2 rings (SSSR count). The Kier molecular flexibility index (Phi) is 7.75. The summed E-state index contributed by atoms with van der Waals surface area (Å²) in [5, 5.41) is 2.53. The van der Waals surface area contributed by atoms with E-state index >= 15 is 0 Å². The van der Waals surface area contributed by atoms with Gasteiger partial charge in [-0.3, -0.25) is 14.4 Å². The van der Waals surface area contributed by atoms with E-state index in [1.807, 2.05) is 56.3 Å². The van der Waals surface area contributed by atoms with Gasteiger partial charge in [0.05, 0.1) is 0 Å². The summed E-state index contributed by atoms with van der Waals surface area (Å²) in [4.78, 5) is 38.3. The van der Waals surface area contributed by atoms with Gasteiger partial charge in [-0.15, -0.1) is 0 Å². The van der Waals surface area contributed by atoms with Crippen LogP contribution < -0.4 is 10.2 Å². The van der Waals surface area contributed by atoms with Crippen LogP contribution in [0.4, 0.5) is 5.69 Å². The lowest BCUT2D eigenvalue weighted by molar-refractivity contribution is -0.146. The number of nitrogens with one attached hydrogen (secondary N) is 1. The Hall–Kier alpha value is -3.15. The van der Waals surface area contributed by atoms with Crippen molar-refractivity contribution >= 4 is 23.5 Å². The maximum Gasteiger partial charge on any atom is 0.325 e. The highest BCUT2D eigenvalue weighted by Gasteiger charge is 2.20. The normalized spacial score (nSPS) is 11.1. The average Bonchev–Trinajstić information content (AvgIpc) is 2.70. The number of para-hydroxylation sites is 1. The standard InChI is InChI=1S/C24H30N2O4/c1-17(2)26(20-9-7-6-8-10-20)21(27)16-30-22(28)15-25-23(29)18-11-13-19(14-12-18)24(3,4)5/h6-14,17H,15-16H2,1-5H3,(H,25,29). The van der Waals surface area contributed by atoms with Gasteiger partial charge in [0, 0.05) is 17.3 Å². The van der Waals surface area contributed by atoms with Crippen LogP contribution in [0.2, 0.25) is 0 Å². The van der Waals surface area contributed by atoms with Gasteiger partial charge in [0.15, 0.2) is 6.61 Å². The fraction of sp³-hybridized carbons (Fsp3) is 0.375. The van der Waals surface area contributed by atoms with Crippen molar-refractivity contribution in [2.24, 2.45) is 0 Å². The Labute approximate surface area is 178 Å². The van der Waals surface area contributed by atoms with Crippen molar-refractivity contribution in [3.05, 3.63) is 65.7 Å². The van der Waals surface area contributed by atoms with Gasteiger partial charge in [-0.1, -0.05) is 51.1 Å². The zero-order chi connectivity index (χ0) is 22.3. The predicted octanol–water partition coefficient (Wildman–Crippen LogP) is 3.70. The molecule has 0 aromatic heterocycles. The second kappa shape index (κ2) is 10.1. The molecular formula is C24H30N2O4. The number of anilines is 1. The van der Waals surface area contributed by atoms with Crippen LogP contribution in [-0.4, -0.2) is 37.0 Å². The van der Waals surface area contributed by atoms with Crippen molar-refractivity contribution in [3.8, 4) is 0 Å². The van der Waals surface area contributed by atoms with Gasteiger partial charge >= 0.3 is 5.97 Å². The molecule has 0 fully saturated rings. The molecule has 0 aliphatic carbocycles. The van der Waals surface area contributed by atoms with Gasteiger partial charge < -0.3 is 15.0 Å². The lowest BCUT2D eigenvalue weighted by Gasteiger charge is -2.26. The summed E-state index contributed by atoms with van der Waals surface area (Å²) in [6.45, 7) is 9.37. The van der Waals surface area contributed by atoms with Crippen LogP contribution in [0.15, 0.2) is 54.6 Å². The number of benzene rings is 2. The van der Waals surface area contributed by atoms with E-state index in [-0.39, 0.29) is 36.4 Å². The number of carbonyl (C=O) groups is 3. The maximum absolute atomic E-state index is 12.5. The second-order valence-electron chi connectivity index (χ2n) is 8.36. The Morgan fingerprint density at radius 1 is 0.967 bits per heavy atom. The summed E-state index contributed by atoms with van der Waals surface area (Å²) in [6, 6.07) is 16.4. The molecule has 0 saturated carbocycles. The lowest BCUT2D eigenvalue weighted by Crippen LogP contribution is -2.40. The number of carbonyl (C=O) groups excluding carboxylic acids is 3. The molecule has 0 radical (unpaired) electrons. The monoisotopic (exact) mass is 410 g/mol. The van der Waals surface area contributed by atoms with Crippen molar-refractivity contribution in [3.63, 3.8) is 0 Å². The quantitative estimate of drug-likeness (QED) is 0.706. The van der Waals surface area contributed by atoms with Crippen LogP contribution in [0.3, 0.4) is 0 Å². The van der Waals surface area contributed by atoms with Gasteiger partial charge in [-0.2, -0.15) is 0 Å². The first-order valence-corrected chi connectivity index (χ1v) is 10.0. The minimum Gasteiger partial charge on any atom is -0.454 e. The molecule has 2 aromatic carbocycles. The average molecular weight is 411 g/mol. The molecule has 6 heteroatoms. The van der Waals surface area contributed by atoms with Crippen molar-refractivity contribution in [1.29, 1.82) is 0 Å². The number of rotatable bonds is 7. The summed E-state index contributed by atoms with van der Waals surface area (Å²) >= 11 is 0. The number of hydrogen-bond acceptors (Lipinski definition) is 4. The molecule has 0 heterocycles.